The molecule has 92 valence electrons. The van der Waals surface area contributed by atoms with E-state index in [-0.39, 0.29) is 5.56 Å². The lowest BCUT2D eigenvalue weighted by molar-refractivity contribution is 0.708. The zero-order chi connectivity index (χ0) is 12.4. The average molecular weight is 242 g/mol. The molecule has 0 amide bonds. The lowest BCUT2D eigenvalue weighted by Gasteiger charge is -2.06. The normalized spacial score (nSPS) is 14.9. The Morgan fingerprint density at radius 1 is 1.17 bits per heavy atom. The topological polar surface area (TPSA) is 70.7 Å². The highest BCUT2D eigenvalue weighted by atomic mass is 16.1. The van der Waals surface area contributed by atoms with Crippen LogP contribution < -0.4 is 10.9 Å². The molecule has 18 heavy (non-hydrogen) atoms. The van der Waals surface area contributed by atoms with Crippen LogP contribution in [-0.2, 0) is 12.8 Å². The maximum atomic E-state index is 12.1. The molecule has 0 saturated heterocycles. The van der Waals surface area contributed by atoms with Gasteiger partial charge < -0.3 is 10.3 Å². The molecule has 0 aromatic carbocycles. The largest absolute Gasteiger partial charge is 0.316 e. The van der Waals surface area contributed by atoms with E-state index < -0.39 is 0 Å². The summed E-state index contributed by atoms with van der Waals surface area (Å²) in [6.45, 7) is 1.70. The van der Waals surface area contributed by atoms with E-state index in [0.29, 0.717) is 11.5 Å². The number of rotatable bonds is 1. The second-order valence-electron chi connectivity index (χ2n) is 4.30. The summed E-state index contributed by atoms with van der Waals surface area (Å²) in [7, 11) is 0. The van der Waals surface area contributed by atoms with Crippen LogP contribution in [0.4, 0.5) is 0 Å². The fourth-order valence-corrected chi connectivity index (χ4v) is 2.18. The minimum atomic E-state index is -0.0376. The lowest BCUT2D eigenvalue weighted by atomic mass is 10.1. The van der Waals surface area contributed by atoms with Gasteiger partial charge >= 0.3 is 0 Å². The van der Waals surface area contributed by atoms with Gasteiger partial charge in [-0.15, -0.1) is 0 Å². The van der Waals surface area contributed by atoms with E-state index in [1.807, 2.05) is 18.2 Å². The summed E-state index contributed by atoms with van der Waals surface area (Å²) in [6, 6.07) is 5.57. The first-order valence-electron chi connectivity index (χ1n) is 6.09. The molecule has 3 heterocycles. The molecule has 0 spiro atoms. The molecule has 3 rings (SSSR count). The van der Waals surface area contributed by atoms with Crippen molar-refractivity contribution in [3.63, 3.8) is 0 Å². The van der Waals surface area contributed by atoms with Crippen LogP contribution in [0.2, 0.25) is 0 Å². The van der Waals surface area contributed by atoms with Gasteiger partial charge in [0.2, 0.25) is 0 Å². The van der Waals surface area contributed by atoms with Crippen LogP contribution in [0.1, 0.15) is 11.3 Å². The predicted molar refractivity (Wildman–Crippen MR) is 68.4 cm³/mol. The van der Waals surface area contributed by atoms with Gasteiger partial charge in [0.1, 0.15) is 5.69 Å². The summed E-state index contributed by atoms with van der Waals surface area (Å²) in [5.41, 5.74) is 2.36. The number of nitrogens with one attached hydrogen (secondary N) is 2. The highest BCUT2D eigenvalue weighted by molar-refractivity contribution is 5.48. The zero-order valence-corrected chi connectivity index (χ0v) is 9.94. The number of H-pyrrole nitrogens is 1. The Kier molecular flexibility index (Phi) is 2.90. The van der Waals surface area contributed by atoms with E-state index in [0.717, 1.165) is 37.2 Å². The van der Waals surface area contributed by atoms with Crippen molar-refractivity contribution in [2.45, 2.75) is 12.8 Å². The number of hydrogen-bond donors (Lipinski definition) is 2. The second kappa shape index (κ2) is 4.70. The maximum Gasteiger partial charge on any atom is 0.254 e. The van der Waals surface area contributed by atoms with E-state index in [4.69, 9.17) is 0 Å². The van der Waals surface area contributed by atoms with Crippen molar-refractivity contribution in [1.29, 1.82) is 0 Å². The van der Waals surface area contributed by atoms with Crippen LogP contribution in [-0.4, -0.2) is 28.0 Å². The minimum Gasteiger partial charge on any atom is -0.316 e. The molecule has 0 unspecified atom stereocenters. The molecular weight excluding hydrogens is 228 g/mol. The summed E-state index contributed by atoms with van der Waals surface area (Å²) < 4.78 is 0. The quantitative estimate of drug-likeness (QED) is 0.765. The maximum absolute atomic E-state index is 12.1. The third-order valence-corrected chi connectivity index (χ3v) is 3.10. The van der Waals surface area contributed by atoms with Gasteiger partial charge in [-0.25, -0.2) is 4.98 Å². The molecule has 2 N–H and O–H groups in total. The molecule has 2 aromatic heterocycles. The van der Waals surface area contributed by atoms with E-state index >= 15 is 0 Å². The second-order valence-corrected chi connectivity index (χ2v) is 4.30. The third kappa shape index (κ3) is 2.04. The molecule has 2 aromatic rings. The van der Waals surface area contributed by atoms with E-state index in [1.165, 1.54) is 0 Å². The van der Waals surface area contributed by atoms with E-state index in [9.17, 15) is 4.79 Å². The summed E-state index contributed by atoms with van der Waals surface area (Å²) in [5.74, 6) is 0.557. The van der Waals surface area contributed by atoms with Gasteiger partial charge in [-0.2, -0.15) is 0 Å². The van der Waals surface area contributed by atoms with Gasteiger partial charge in [-0.05, 0) is 25.1 Å². The molecular formula is C13H14N4O. The van der Waals surface area contributed by atoms with Gasteiger partial charge in [-0.1, -0.05) is 6.07 Å². The first kappa shape index (κ1) is 11.1. The number of hydrogen-bond acceptors (Lipinski definition) is 4. The van der Waals surface area contributed by atoms with Gasteiger partial charge in [0, 0.05) is 24.7 Å². The fourth-order valence-electron chi connectivity index (χ4n) is 2.18. The highest BCUT2D eigenvalue weighted by Crippen LogP contribution is 2.12. The van der Waals surface area contributed by atoms with Crippen LogP contribution in [0.15, 0.2) is 29.2 Å². The monoisotopic (exact) mass is 242 g/mol. The van der Waals surface area contributed by atoms with Crippen LogP contribution in [0.25, 0.3) is 11.5 Å². The molecule has 1 aliphatic heterocycles. The first-order chi connectivity index (χ1) is 8.84. The minimum absolute atomic E-state index is 0.0376. The number of pyridine rings is 1. The van der Waals surface area contributed by atoms with Gasteiger partial charge in [0.15, 0.2) is 5.82 Å². The molecule has 0 atom stereocenters. The SMILES string of the molecule is O=c1[nH]c(-c2ccccn2)nc2c1CCNCC2. The molecule has 0 fully saturated rings. The number of aromatic amines is 1. The summed E-state index contributed by atoms with van der Waals surface area (Å²) in [5, 5.41) is 3.27. The van der Waals surface area contributed by atoms with Crippen LogP contribution >= 0.6 is 0 Å². The molecule has 0 radical (unpaired) electrons. The Balaban J connectivity index is 2.11. The Labute approximate surface area is 104 Å². The highest BCUT2D eigenvalue weighted by Gasteiger charge is 2.14. The Hall–Kier alpha value is -2.01. The van der Waals surface area contributed by atoms with Crippen LogP contribution in [0, 0.1) is 0 Å². The Bertz CT molecular complexity index is 606. The summed E-state index contributed by atoms with van der Waals surface area (Å²) in [4.78, 5) is 23.6. The molecule has 5 nitrogen and oxygen atoms in total. The number of aromatic nitrogens is 3. The Morgan fingerprint density at radius 2 is 2.06 bits per heavy atom. The molecule has 0 aliphatic carbocycles. The Morgan fingerprint density at radius 3 is 2.89 bits per heavy atom. The van der Waals surface area contributed by atoms with Crippen molar-refractivity contribution in [1.82, 2.24) is 20.3 Å². The zero-order valence-electron chi connectivity index (χ0n) is 9.94. The van der Waals surface area contributed by atoms with Crippen molar-refractivity contribution in [3.05, 3.63) is 46.0 Å². The molecule has 0 bridgehead atoms. The van der Waals surface area contributed by atoms with Gasteiger partial charge in [-0.3, -0.25) is 9.78 Å². The number of nitrogens with zero attached hydrogens (tertiary/aromatic N) is 2. The van der Waals surface area contributed by atoms with Crippen molar-refractivity contribution in [2.24, 2.45) is 0 Å². The number of fused-ring (bicyclic) bond motifs is 1. The van der Waals surface area contributed by atoms with E-state index in [2.05, 4.69) is 20.3 Å². The molecule has 0 saturated carbocycles. The summed E-state index contributed by atoms with van der Waals surface area (Å²) >= 11 is 0. The van der Waals surface area contributed by atoms with E-state index in [1.54, 1.807) is 6.20 Å². The van der Waals surface area contributed by atoms with Crippen molar-refractivity contribution >= 4 is 0 Å². The molecule has 1 aliphatic rings. The van der Waals surface area contributed by atoms with Gasteiger partial charge in [0.25, 0.3) is 5.56 Å². The fraction of sp³-hybridized carbons (Fsp3) is 0.308. The lowest BCUT2D eigenvalue weighted by Crippen LogP contribution is -2.19. The van der Waals surface area contributed by atoms with Gasteiger partial charge in [0.05, 0.1) is 5.69 Å². The van der Waals surface area contributed by atoms with Crippen LogP contribution in [0.5, 0.6) is 0 Å². The molecule has 5 heteroatoms. The first-order valence-corrected chi connectivity index (χ1v) is 6.09. The van der Waals surface area contributed by atoms with Crippen molar-refractivity contribution in [3.8, 4) is 11.5 Å². The van der Waals surface area contributed by atoms with Crippen molar-refractivity contribution < 1.29 is 0 Å². The average Bonchev–Trinajstić information content (AvgIpc) is 2.65. The van der Waals surface area contributed by atoms with Crippen LogP contribution in [0.3, 0.4) is 0 Å². The summed E-state index contributed by atoms with van der Waals surface area (Å²) in [6.07, 6.45) is 3.22. The standard InChI is InChI=1S/C13H14N4O/c18-13-9-4-7-14-8-5-10(9)16-12(17-13)11-3-1-2-6-15-11/h1-3,6,14H,4-5,7-8H2,(H,16,17,18). The third-order valence-electron chi connectivity index (χ3n) is 3.10. The smallest absolute Gasteiger partial charge is 0.254 e. The van der Waals surface area contributed by atoms with Crippen molar-refractivity contribution in [2.75, 3.05) is 13.1 Å². The predicted octanol–water partition coefficient (Wildman–Crippen LogP) is 0.520.